The Bertz CT molecular complexity index is 1340. The molecule has 0 bridgehead atoms. The number of aromatic nitrogens is 1. The largest absolute Gasteiger partial charge is 0.497 e. The summed E-state index contributed by atoms with van der Waals surface area (Å²) in [6, 6.07) is 23.1. The van der Waals surface area contributed by atoms with Gasteiger partial charge in [0.05, 0.1) is 30.1 Å². The van der Waals surface area contributed by atoms with Crippen LogP contribution in [0.2, 0.25) is 0 Å². The van der Waals surface area contributed by atoms with Crippen molar-refractivity contribution in [1.82, 2.24) is 4.98 Å². The van der Waals surface area contributed by atoms with Crippen LogP contribution < -0.4 is 9.64 Å². The zero-order valence-corrected chi connectivity index (χ0v) is 17.1. The van der Waals surface area contributed by atoms with Crippen molar-refractivity contribution < 1.29 is 13.9 Å². The van der Waals surface area contributed by atoms with Crippen molar-refractivity contribution in [2.24, 2.45) is 0 Å². The van der Waals surface area contributed by atoms with Crippen molar-refractivity contribution in [1.29, 1.82) is 0 Å². The summed E-state index contributed by atoms with van der Waals surface area (Å²) < 4.78 is 11.8. The second-order valence-corrected chi connectivity index (χ2v) is 7.84. The van der Waals surface area contributed by atoms with Crippen LogP contribution in [-0.2, 0) is 6.54 Å². The minimum atomic E-state index is -0.116. The molecule has 0 aliphatic heterocycles. The lowest BCUT2D eigenvalue weighted by molar-refractivity contribution is 0.0985. The molecule has 5 aromatic rings. The lowest BCUT2D eigenvalue weighted by atomic mass is 10.0. The molecule has 0 unspecified atom stereocenters. The second-order valence-electron chi connectivity index (χ2n) is 6.83. The van der Waals surface area contributed by atoms with Crippen LogP contribution in [0.15, 0.2) is 83.5 Å². The van der Waals surface area contributed by atoms with E-state index in [9.17, 15) is 4.79 Å². The number of furan rings is 1. The summed E-state index contributed by atoms with van der Waals surface area (Å²) in [5, 5.41) is 2.56. The van der Waals surface area contributed by atoms with Crippen molar-refractivity contribution in [2.75, 3.05) is 12.0 Å². The molecule has 3 aromatic carbocycles. The summed E-state index contributed by atoms with van der Waals surface area (Å²) in [7, 11) is 1.64. The second kappa shape index (κ2) is 7.65. The zero-order valence-electron chi connectivity index (χ0n) is 16.2. The third-order valence-electron chi connectivity index (χ3n) is 4.97. The monoisotopic (exact) mass is 414 g/mol. The Labute approximate surface area is 177 Å². The number of carbonyl (C=O) groups is 1. The molecule has 1 amide bonds. The summed E-state index contributed by atoms with van der Waals surface area (Å²) in [6.45, 7) is 0.298. The topological polar surface area (TPSA) is 55.6 Å². The Morgan fingerprint density at radius 3 is 2.77 bits per heavy atom. The van der Waals surface area contributed by atoms with Crippen molar-refractivity contribution in [3.63, 3.8) is 0 Å². The van der Waals surface area contributed by atoms with Crippen molar-refractivity contribution in [3.8, 4) is 5.75 Å². The molecule has 0 saturated heterocycles. The Hall–Kier alpha value is -3.64. The van der Waals surface area contributed by atoms with Crippen molar-refractivity contribution in [2.45, 2.75) is 6.54 Å². The van der Waals surface area contributed by atoms with Gasteiger partial charge in [-0.2, -0.15) is 0 Å². The molecule has 0 spiro atoms. The summed E-state index contributed by atoms with van der Waals surface area (Å²) in [4.78, 5) is 20.1. The Balaban J connectivity index is 1.62. The smallest absolute Gasteiger partial charge is 0.261 e. The normalized spacial score (nSPS) is 11.1. The minimum Gasteiger partial charge on any atom is -0.497 e. The first-order valence-corrected chi connectivity index (χ1v) is 10.3. The maximum absolute atomic E-state index is 13.7. The SMILES string of the molecule is COc1ccc2nc(N(Cc3ccco3)C(=O)c3cccc4ccccc34)sc2c1. The van der Waals surface area contributed by atoms with Gasteiger partial charge in [-0.1, -0.05) is 47.7 Å². The van der Waals surface area contributed by atoms with Crippen LogP contribution in [0.3, 0.4) is 0 Å². The number of carbonyl (C=O) groups excluding carboxylic acids is 1. The maximum Gasteiger partial charge on any atom is 0.261 e. The Kier molecular flexibility index (Phi) is 4.69. The molecule has 0 radical (unpaired) electrons. The molecule has 5 rings (SSSR count). The van der Waals surface area contributed by atoms with E-state index in [0.29, 0.717) is 23.0 Å². The molecule has 6 heteroatoms. The maximum atomic E-state index is 13.7. The standard InChI is InChI=1S/C24H18N2O3S/c1-28-17-11-12-21-22(14-17)30-24(25-21)26(15-18-8-5-13-29-18)23(27)20-10-4-7-16-6-2-3-9-19(16)20/h2-14H,15H2,1H3. The molecule has 148 valence electrons. The zero-order chi connectivity index (χ0) is 20.5. The number of hydrogen-bond acceptors (Lipinski definition) is 5. The summed E-state index contributed by atoms with van der Waals surface area (Å²) in [5.41, 5.74) is 1.46. The lowest BCUT2D eigenvalue weighted by Crippen LogP contribution is -2.30. The number of methoxy groups -OCH3 is 1. The van der Waals surface area contributed by atoms with E-state index in [2.05, 4.69) is 0 Å². The highest BCUT2D eigenvalue weighted by atomic mass is 32.1. The number of anilines is 1. The van der Waals surface area contributed by atoms with E-state index < -0.39 is 0 Å². The van der Waals surface area contributed by atoms with Gasteiger partial charge in [-0.25, -0.2) is 4.98 Å². The highest BCUT2D eigenvalue weighted by molar-refractivity contribution is 7.22. The number of hydrogen-bond donors (Lipinski definition) is 0. The molecule has 0 aliphatic carbocycles. The quantitative estimate of drug-likeness (QED) is 0.359. The van der Waals surface area contributed by atoms with Crippen LogP contribution in [0.1, 0.15) is 16.1 Å². The first-order valence-electron chi connectivity index (χ1n) is 9.49. The van der Waals surface area contributed by atoms with Gasteiger partial charge >= 0.3 is 0 Å². The van der Waals surface area contributed by atoms with Gasteiger partial charge in [-0.05, 0) is 47.2 Å². The molecule has 0 atom stereocenters. The average Bonchev–Trinajstić information content (AvgIpc) is 3.45. The molecule has 0 fully saturated rings. The highest BCUT2D eigenvalue weighted by Crippen LogP contribution is 2.33. The lowest BCUT2D eigenvalue weighted by Gasteiger charge is -2.19. The van der Waals surface area contributed by atoms with E-state index in [1.165, 1.54) is 11.3 Å². The predicted molar refractivity (Wildman–Crippen MR) is 119 cm³/mol. The molecule has 0 aliphatic rings. The van der Waals surface area contributed by atoms with Crippen LogP contribution in [0.4, 0.5) is 5.13 Å². The molecule has 2 heterocycles. The predicted octanol–water partition coefficient (Wildman–Crippen LogP) is 5.90. The van der Waals surface area contributed by atoms with Gasteiger partial charge in [0, 0.05) is 5.56 Å². The molecular formula is C24H18N2O3S. The third-order valence-corrected chi connectivity index (χ3v) is 6.02. The first-order chi connectivity index (χ1) is 14.7. The first kappa shape index (κ1) is 18.4. The van der Waals surface area contributed by atoms with Crippen LogP contribution >= 0.6 is 11.3 Å². The van der Waals surface area contributed by atoms with Crippen molar-refractivity contribution >= 4 is 43.4 Å². The van der Waals surface area contributed by atoms with E-state index in [0.717, 1.165) is 26.7 Å². The van der Waals surface area contributed by atoms with Crippen LogP contribution in [0, 0.1) is 0 Å². The number of thiazole rings is 1. The van der Waals surface area contributed by atoms with Crippen LogP contribution in [0.5, 0.6) is 5.75 Å². The molecule has 5 nitrogen and oxygen atoms in total. The minimum absolute atomic E-state index is 0.116. The Morgan fingerprint density at radius 1 is 1.07 bits per heavy atom. The number of nitrogens with zero attached hydrogens (tertiary/aromatic N) is 2. The fourth-order valence-corrected chi connectivity index (χ4v) is 4.47. The van der Waals surface area contributed by atoms with Gasteiger partial charge in [0.1, 0.15) is 11.5 Å². The summed E-state index contributed by atoms with van der Waals surface area (Å²) in [5.74, 6) is 1.34. The van der Waals surface area contributed by atoms with Gasteiger partial charge in [0.15, 0.2) is 5.13 Å². The van der Waals surface area contributed by atoms with E-state index >= 15 is 0 Å². The van der Waals surface area contributed by atoms with Gasteiger partial charge in [0.2, 0.25) is 0 Å². The molecular weight excluding hydrogens is 396 g/mol. The van der Waals surface area contributed by atoms with Crippen LogP contribution in [0.25, 0.3) is 21.0 Å². The number of benzene rings is 3. The number of amides is 1. The van der Waals surface area contributed by atoms with E-state index in [1.54, 1.807) is 18.3 Å². The van der Waals surface area contributed by atoms with Gasteiger partial charge in [0.25, 0.3) is 5.91 Å². The Morgan fingerprint density at radius 2 is 1.93 bits per heavy atom. The van der Waals surface area contributed by atoms with E-state index in [1.807, 2.05) is 72.8 Å². The van der Waals surface area contributed by atoms with Gasteiger partial charge in [-0.3, -0.25) is 9.69 Å². The summed E-state index contributed by atoms with van der Waals surface area (Å²) in [6.07, 6.45) is 1.61. The van der Waals surface area contributed by atoms with Gasteiger partial charge < -0.3 is 9.15 Å². The van der Waals surface area contributed by atoms with E-state index in [-0.39, 0.29) is 5.91 Å². The molecule has 0 N–H and O–H groups in total. The number of fused-ring (bicyclic) bond motifs is 2. The fourth-order valence-electron chi connectivity index (χ4n) is 3.48. The molecule has 0 saturated carbocycles. The van der Waals surface area contributed by atoms with Crippen LogP contribution in [-0.4, -0.2) is 18.0 Å². The third kappa shape index (κ3) is 3.31. The highest BCUT2D eigenvalue weighted by Gasteiger charge is 2.24. The number of rotatable bonds is 5. The van der Waals surface area contributed by atoms with E-state index in [4.69, 9.17) is 14.1 Å². The van der Waals surface area contributed by atoms with Crippen molar-refractivity contribution in [3.05, 3.63) is 90.4 Å². The number of ether oxygens (including phenoxy) is 1. The molecule has 2 aromatic heterocycles. The summed E-state index contributed by atoms with van der Waals surface area (Å²) >= 11 is 1.46. The van der Waals surface area contributed by atoms with Gasteiger partial charge in [-0.15, -0.1) is 0 Å². The fraction of sp³-hybridized carbons (Fsp3) is 0.0833. The average molecular weight is 414 g/mol. The molecule has 30 heavy (non-hydrogen) atoms.